The van der Waals surface area contributed by atoms with Crippen LogP contribution in [0.3, 0.4) is 0 Å². The predicted octanol–water partition coefficient (Wildman–Crippen LogP) is 2.58. The third-order valence-corrected chi connectivity index (χ3v) is 3.28. The Balaban J connectivity index is 2.66. The number of ether oxygens (including phenoxy) is 2. The monoisotopic (exact) mass is 293 g/mol. The van der Waals surface area contributed by atoms with E-state index in [1.165, 1.54) is 14.0 Å². The predicted molar refractivity (Wildman–Crippen MR) is 81.0 cm³/mol. The fourth-order valence-corrected chi connectivity index (χ4v) is 1.91. The van der Waals surface area contributed by atoms with Crippen molar-refractivity contribution in [3.63, 3.8) is 0 Å². The molecule has 5 heteroatoms. The normalized spacial score (nSPS) is 10.3. The maximum absolute atomic E-state index is 11.8. The molecule has 0 fully saturated rings. The Morgan fingerprint density at radius 3 is 2.38 bits per heavy atom. The molecule has 0 saturated heterocycles. The molecule has 0 unspecified atom stereocenters. The van der Waals surface area contributed by atoms with Gasteiger partial charge in [-0.15, -0.1) is 0 Å². The summed E-state index contributed by atoms with van der Waals surface area (Å²) in [5.41, 5.74) is 0.542. The number of carbonyl (C=O) groups excluding carboxylic acids is 2. The van der Waals surface area contributed by atoms with Crippen LogP contribution in [0.4, 0.5) is 0 Å². The number of ketones is 1. The summed E-state index contributed by atoms with van der Waals surface area (Å²) in [4.78, 5) is 23.1. The molecule has 1 amide bonds. The van der Waals surface area contributed by atoms with Crippen LogP contribution >= 0.6 is 0 Å². The molecule has 0 bridgehead atoms. The number of hydrogen-bond donors (Lipinski definition) is 1. The van der Waals surface area contributed by atoms with Gasteiger partial charge in [0.05, 0.1) is 7.11 Å². The first kappa shape index (κ1) is 17.0. The maximum atomic E-state index is 11.8. The molecule has 0 aliphatic heterocycles. The summed E-state index contributed by atoms with van der Waals surface area (Å²) >= 11 is 0. The van der Waals surface area contributed by atoms with E-state index < -0.39 is 0 Å². The van der Waals surface area contributed by atoms with Crippen molar-refractivity contribution in [3.05, 3.63) is 23.8 Å². The Bertz CT molecular complexity index is 495. The second-order valence-electron chi connectivity index (χ2n) is 4.79. The van der Waals surface area contributed by atoms with Crippen molar-refractivity contribution in [1.82, 2.24) is 5.32 Å². The number of Topliss-reactive ketones (excluding diaryl/α,β-unsaturated/α-hetero) is 1. The number of nitrogens with one attached hydrogen (secondary N) is 1. The summed E-state index contributed by atoms with van der Waals surface area (Å²) in [5.74, 6) is 0.674. The molecule has 116 valence electrons. The number of methoxy groups -OCH3 is 1. The summed E-state index contributed by atoms with van der Waals surface area (Å²) in [6, 6.07) is 5.07. The molecule has 0 heterocycles. The van der Waals surface area contributed by atoms with E-state index in [0.29, 0.717) is 17.1 Å². The molecule has 0 atom stereocenters. The molecule has 5 nitrogen and oxygen atoms in total. The van der Waals surface area contributed by atoms with Crippen molar-refractivity contribution in [3.8, 4) is 11.5 Å². The summed E-state index contributed by atoms with van der Waals surface area (Å²) in [7, 11) is 1.50. The SMILES string of the molecule is CCC(CC)NC(=O)COc1ccc(C(C)=O)cc1OC. The van der Waals surface area contributed by atoms with E-state index in [2.05, 4.69) is 5.32 Å². The highest BCUT2D eigenvalue weighted by Crippen LogP contribution is 2.28. The van der Waals surface area contributed by atoms with Gasteiger partial charge in [-0.25, -0.2) is 0 Å². The average Bonchev–Trinajstić information content (AvgIpc) is 2.50. The van der Waals surface area contributed by atoms with Crippen LogP contribution in [0.2, 0.25) is 0 Å². The lowest BCUT2D eigenvalue weighted by Gasteiger charge is -2.16. The zero-order valence-electron chi connectivity index (χ0n) is 13.1. The van der Waals surface area contributed by atoms with Crippen LogP contribution in [-0.2, 0) is 4.79 Å². The largest absolute Gasteiger partial charge is 0.493 e. The minimum absolute atomic E-state index is 0.0497. The Morgan fingerprint density at radius 1 is 1.19 bits per heavy atom. The fraction of sp³-hybridized carbons (Fsp3) is 0.500. The molecule has 0 saturated carbocycles. The Kier molecular flexibility index (Phi) is 6.72. The van der Waals surface area contributed by atoms with Gasteiger partial charge in [-0.05, 0) is 38.0 Å². The second-order valence-corrected chi connectivity index (χ2v) is 4.79. The molecule has 1 aromatic carbocycles. The van der Waals surface area contributed by atoms with Crippen LogP contribution in [0.5, 0.6) is 11.5 Å². The minimum Gasteiger partial charge on any atom is -0.493 e. The zero-order chi connectivity index (χ0) is 15.8. The summed E-state index contributed by atoms with van der Waals surface area (Å²) < 4.78 is 10.6. The van der Waals surface area contributed by atoms with Gasteiger partial charge in [0.2, 0.25) is 0 Å². The minimum atomic E-state index is -0.165. The van der Waals surface area contributed by atoms with Crippen molar-refractivity contribution >= 4 is 11.7 Å². The molecule has 0 spiro atoms. The van der Waals surface area contributed by atoms with Crippen molar-refractivity contribution in [2.45, 2.75) is 39.7 Å². The Morgan fingerprint density at radius 2 is 1.86 bits per heavy atom. The van der Waals surface area contributed by atoms with Crippen LogP contribution in [-0.4, -0.2) is 31.4 Å². The zero-order valence-corrected chi connectivity index (χ0v) is 13.1. The lowest BCUT2D eigenvalue weighted by atomic mass is 10.1. The quantitative estimate of drug-likeness (QED) is 0.748. The van der Waals surface area contributed by atoms with Crippen LogP contribution in [0.1, 0.15) is 44.0 Å². The van der Waals surface area contributed by atoms with Crippen molar-refractivity contribution in [2.24, 2.45) is 0 Å². The van der Waals surface area contributed by atoms with E-state index in [9.17, 15) is 9.59 Å². The number of benzene rings is 1. The van der Waals surface area contributed by atoms with Crippen molar-refractivity contribution < 1.29 is 19.1 Å². The second kappa shape index (κ2) is 8.29. The summed E-state index contributed by atoms with van der Waals surface area (Å²) in [6.07, 6.45) is 1.78. The average molecular weight is 293 g/mol. The standard InChI is InChI=1S/C16H23NO4/c1-5-13(6-2)17-16(19)10-21-14-8-7-12(11(3)18)9-15(14)20-4/h7-9,13H,5-6,10H2,1-4H3,(H,17,19). The number of hydrogen-bond acceptors (Lipinski definition) is 4. The molecular formula is C16H23NO4. The van der Waals surface area contributed by atoms with E-state index in [4.69, 9.17) is 9.47 Å². The van der Waals surface area contributed by atoms with E-state index in [1.54, 1.807) is 18.2 Å². The van der Waals surface area contributed by atoms with Gasteiger partial charge in [-0.1, -0.05) is 13.8 Å². The van der Waals surface area contributed by atoms with Gasteiger partial charge in [0, 0.05) is 11.6 Å². The summed E-state index contributed by atoms with van der Waals surface area (Å²) in [6.45, 7) is 5.46. The molecule has 1 aromatic rings. The van der Waals surface area contributed by atoms with E-state index >= 15 is 0 Å². The smallest absolute Gasteiger partial charge is 0.258 e. The van der Waals surface area contributed by atoms with Gasteiger partial charge in [-0.2, -0.15) is 0 Å². The van der Waals surface area contributed by atoms with Crippen molar-refractivity contribution in [2.75, 3.05) is 13.7 Å². The van der Waals surface area contributed by atoms with Gasteiger partial charge in [-0.3, -0.25) is 9.59 Å². The van der Waals surface area contributed by atoms with Crippen LogP contribution in [0, 0.1) is 0 Å². The molecule has 0 aliphatic rings. The molecule has 0 aliphatic carbocycles. The number of carbonyl (C=O) groups is 2. The third-order valence-electron chi connectivity index (χ3n) is 3.28. The van der Waals surface area contributed by atoms with Crippen LogP contribution < -0.4 is 14.8 Å². The maximum Gasteiger partial charge on any atom is 0.258 e. The topological polar surface area (TPSA) is 64.6 Å². The van der Waals surface area contributed by atoms with E-state index in [1.807, 2.05) is 13.8 Å². The lowest BCUT2D eigenvalue weighted by molar-refractivity contribution is -0.123. The highest BCUT2D eigenvalue weighted by Gasteiger charge is 2.12. The number of rotatable bonds is 8. The molecule has 0 radical (unpaired) electrons. The lowest BCUT2D eigenvalue weighted by Crippen LogP contribution is -2.37. The molecule has 1 N–H and O–H groups in total. The first-order chi connectivity index (χ1) is 10.0. The van der Waals surface area contributed by atoms with Gasteiger partial charge in [0.25, 0.3) is 5.91 Å². The number of amides is 1. The highest BCUT2D eigenvalue weighted by molar-refractivity contribution is 5.94. The van der Waals surface area contributed by atoms with Crippen molar-refractivity contribution in [1.29, 1.82) is 0 Å². The van der Waals surface area contributed by atoms with E-state index in [0.717, 1.165) is 12.8 Å². The Labute approximate surface area is 125 Å². The van der Waals surface area contributed by atoms with Gasteiger partial charge in [0.1, 0.15) is 0 Å². The molecule has 21 heavy (non-hydrogen) atoms. The van der Waals surface area contributed by atoms with Gasteiger partial charge < -0.3 is 14.8 Å². The first-order valence-electron chi connectivity index (χ1n) is 7.12. The van der Waals surface area contributed by atoms with Gasteiger partial charge >= 0.3 is 0 Å². The Hall–Kier alpha value is -2.04. The summed E-state index contributed by atoms with van der Waals surface area (Å²) in [5, 5.41) is 2.89. The van der Waals surface area contributed by atoms with Crippen LogP contribution in [0.15, 0.2) is 18.2 Å². The first-order valence-corrected chi connectivity index (χ1v) is 7.12. The molecule has 0 aromatic heterocycles. The fourth-order valence-electron chi connectivity index (χ4n) is 1.91. The third kappa shape index (κ3) is 5.10. The highest BCUT2D eigenvalue weighted by atomic mass is 16.5. The van der Waals surface area contributed by atoms with Crippen LogP contribution in [0.25, 0.3) is 0 Å². The van der Waals surface area contributed by atoms with E-state index in [-0.39, 0.29) is 24.3 Å². The van der Waals surface area contributed by atoms with Gasteiger partial charge in [0.15, 0.2) is 23.9 Å². The molecular weight excluding hydrogens is 270 g/mol. The molecule has 1 rings (SSSR count).